The van der Waals surface area contributed by atoms with Crippen LogP contribution >= 0.6 is 11.3 Å². The number of nitrogens with one attached hydrogen (secondary N) is 1. The number of aliphatic hydroxyl groups excluding tert-OH is 1. The fourth-order valence-electron chi connectivity index (χ4n) is 2.26. The van der Waals surface area contributed by atoms with E-state index >= 15 is 0 Å². The van der Waals surface area contributed by atoms with E-state index in [1.807, 2.05) is 9.95 Å². The highest BCUT2D eigenvalue weighted by molar-refractivity contribution is 7.89. The molecule has 1 fully saturated rings. The Kier molecular flexibility index (Phi) is 3.87. The molecule has 3 rings (SSSR count). The van der Waals surface area contributed by atoms with E-state index in [-0.39, 0.29) is 17.5 Å². The molecule has 0 bridgehead atoms. The van der Waals surface area contributed by atoms with Gasteiger partial charge in [-0.1, -0.05) is 0 Å². The van der Waals surface area contributed by atoms with Crippen molar-refractivity contribution in [2.24, 2.45) is 0 Å². The quantitative estimate of drug-likeness (QED) is 0.847. The summed E-state index contributed by atoms with van der Waals surface area (Å²) in [6, 6.07) is 1.49. The molecule has 1 unspecified atom stereocenters. The van der Waals surface area contributed by atoms with Crippen LogP contribution in [0.5, 0.6) is 0 Å². The number of aliphatic hydroxyl groups is 1. The van der Waals surface area contributed by atoms with Gasteiger partial charge in [0.2, 0.25) is 10.0 Å². The minimum atomic E-state index is -3.62. The molecule has 6 nitrogen and oxygen atoms in total. The van der Waals surface area contributed by atoms with Gasteiger partial charge < -0.3 is 9.67 Å². The number of aromatic nitrogens is 2. The van der Waals surface area contributed by atoms with Crippen LogP contribution in [0.1, 0.15) is 42.6 Å². The summed E-state index contributed by atoms with van der Waals surface area (Å²) in [5.41, 5.74) is 0.639. The lowest BCUT2D eigenvalue weighted by atomic mass is 10.4. The molecule has 0 saturated heterocycles. The molecule has 1 aliphatic rings. The molecule has 2 N–H and O–H groups in total. The van der Waals surface area contributed by atoms with Crippen molar-refractivity contribution >= 4 is 21.4 Å². The lowest BCUT2D eigenvalue weighted by Crippen LogP contribution is -2.26. The van der Waals surface area contributed by atoms with E-state index in [9.17, 15) is 13.5 Å². The van der Waals surface area contributed by atoms with Crippen LogP contribution in [0.25, 0.3) is 0 Å². The maximum atomic E-state index is 12.4. The van der Waals surface area contributed by atoms with E-state index in [2.05, 4.69) is 9.71 Å². The van der Waals surface area contributed by atoms with Crippen LogP contribution in [0.15, 0.2) is 28.7 Å². The van der Waals surface area contributed by atoms with Gasteiger partial charge in [0.1, 0.15) is 9.90 Å². The molecule has 8 heteroatoms. The first-order chi connectivity index (χ1) is 10.0. The largest absolute Gasteiger partial charge is 0.390 e. The van der Waals surface area contributed by atoms with Gasteiger partial charge in [-0.3, -0.25) is 0 Å². The highest BCUT2D eigenvalue weighted by Crippen LogP contribution is 2.37. The van der Waals surface area contributed by atoms with Crippen LogP contribution < -0.4 is 4.72 Å². The monoisotopic (exact) mass is 327 g/mol. The zero-order chi connectivity index (χ0) is 15.0. The van der Waals surface area contributed by atoms with Crippen molar-refractivity contribution in [3.05, 3.63) is 34.5 Å². The Morgan fingerprint density at radius 3 is 2.90 bits per heavy atom. The fraction of sp³-hybridized carbons (Fsp3) is 0.462. The third-order valence-electron chi connectivity index (χ3n) is 3.47. The van der Waals surface area contributed by atoms with Gasteiger partial charge in [-0.05, 0) is 25.8 Å². The number of sulfonamides is 1. The van der Waals surface area contributed by atoms with E-state index in [0.29, 0.717) is 11.7 Å². The summed E-state index contributed by atoms with van der Waals surface area (Å²) >= 11 is 1.41. The van der Waals surface area contributed by atoms with Crippen LogP contribution in [0.4, 0.5) is 0 Å². The van der Waals surface area contributed by atoms with Crippen molar-refractivity contribution in [2.45, 2.75) is 43.4 Å². The fourth-order valence-corrected chi connectivity index (χ4v) is 4.24. The van der Waals surface area contributed by atoms with E-state index in [4.69, 9.17) is 0 Å². The van der Waals surface area contributed by atoms with Crippen LogP contribution in [0.2, 0.25) is 0 Å². The molecular weight excluding hydrogens is 310 g/mol. The van der Waals surface area contributed by atoms with Crippen molar-refractivity contribution in [3.8, 4) is 0 Å². The van der Waals surface area contributed by atoms with Gasteiger partial charge in [-0.2, -0.15) is 0 Å². The summed E-state index contributed by atoms with van der Waals surface area (Å²) < 4.78 is 29.4. The predicted molar refractivity (Wildman–Crippen MR) is 79.5 cm³/mol. The number of rotatable bonds is 6. The third kappa shape index (κ3) is 3.03. The van der Waals surface area contributed by atoms with E-state index in [0.717, 1.165) is 17.8 Å². The maximum Gasteiger partial charge on any atom is 0.242 e. The summed E-state index contributed by atoms with van der Waals surface area (Å²) in [5, 5.41) is 11.9. The summed E-state index contributed by atoms with van der Waals surface area (Å²) in [7, 11) is -3.62. The average Bonchev–Trinajstić information content (AvgIpc) is 2.98. The summed E-state index contributed by atoms with van der Waals surface area (Å²) in [6.45, 7) is 1.61. The molecule has 0 aliphatic heterocycles. The van der Waals surface area contributed by atoms with Gasteiger partial charge in [0, 0.05) is 29.5 Å². The Morgan fingerprint density at radius 1 is 1.57 bits per heavy atom. The van der Waals surface area contributed by atoms with Crippen LogP contribution in [0.3, 0.4) is 0 Å². The normalized spacial score (nSPS) is 17.0. The Morgan fingerprint density at radius 2 is 2.33 bits per heavy atom. The molecular formula is C13H17N3O3S2. The molecule has 1 atom stereocenters. The molecule has 0 amide bonds. The Bertz CT molecular complexity index is 718. The Balaban J connectivity index is 1.84. The molecule has 0 spiro atoms. The average molecular weight is 327 g/mol. The molecule has 114 valence electrons. The summed E-state index contributed by atoms with van der Waals surface area (Å²) in [4.78, 5) is 4.31. The highest BCUT2D eigenvalue weighted by atomic mass is 32.2. The lowest BCUT2D eigenvalue weighted by Gasteiger charge is -2.10. The minimum Gasteiger partial charge on any atom is -0.390 e. The molecule has 0 aromatic carbocycles. The van der Waals surface area contributed by atoms with Gasteiger partial charge in [0.05, 0.1) is 12.6 Å². The SMILES string of the molecule is CC(NS(=O)(=O)c1cc(CO)n(C2CC2)c1)c1nccs1. The molecule has 2 heterocycles. The molecule has 21 heavy (non-hydrogen) atoms. The topological polar surface area (TPSA) is 84.2 Å². The van der Waals surface area contributed by atoms with Crippen LogP contribution in [-0.4, -0.2) is 23.1 Å². The minimum absolute atomic E-state index is 0.159. The zero-order valence-corrected chi connectivity index (χ0v) is 13.2. The molecule has 2 aromatic rings. The van der Waals surface area contributed by atoms with Gasteiger partial charge in [0.15, 0.2) is 0 Å². The lowest BCUT2D eigenvalue weighted by molar-refractivity contribution is 0.270. The van der Waals surface area contributed by atoms with Crippen molar-refractivity contribution < 1.29 is 13.5 Å². The number of hydrogen-bond acceptors (Lipinski definition) is 5. The second-order valence-electron chi connectivity index (χ2n) is 5.18. The van der Waals surface area contributed by atoms with Gasteiger partial charge in [-0.25, -0.2) is 18.1 Å². The number of nitrogens with zero attached hydrogens (tertiary/aromatic N) is 2. The van der Waals surface area contributed by atoms with Crippen molar-refractivity contribution in [1.82, 2.24) is 14.3 Å². The Labute approximate surface area is 127 Å². The predicted octanol–water partition coefficient (Wildman–Crippen LogP) is 1.81. The van der Waals surface area contributed by atoms with E-state index < -0.39 is 10.0 Å². The second-order valence-corrected chi connectivity index (χ2v) is 7.82. The van der Waals surface area contributed by atoms with Crippen molar-refractivity contribution in [1.29, 1.82) is 0 Å². The van der Waals surface area contributed by atoms with Crippen LogP contribution in [-0.2, 0) is 16.6 Å². The van der Waals surface area contributed by atoms with Crippen molar-refractivity contribution in [3.63, 3.8) is 0 Å². The number of thiazole rings is 1. The third-order valence-corrected chi connectivity index (χ3v) is 5.94. The van der Waals surface area contributed by atoms with Gasteiger partial charge in [0.25, 0.3) is 0 Å². The molecule has 1 aliphatic carbocycles. The molecule has 0 radical (unpaired) electrons. The number of hydrogen-bond donors (Lipinski definition) is 2. The van der Waals surface area contributed by atoms with Gasteiger partial charge >= 0.3 is 0 Å². The molecule has 1 saturated carbocycles. The first-order valence-corrected chi connectivity index (χ1v) is 9.11. The Hall–Kier alpha value is -1.22. The summed E-state index contributed by atoms with van der Waals surface area (Å²) in [5.74, 6) is 0. The maximum absolute atomic E-state index is 12.4. The standard InChI is InChI=1S/C13H17N3O3S2/c1-9(13-14-4-5-20-13)15-21(18,19)12-6-11(8-17)16(7-12)10-2-3-10/h4-7,9-10,15,17H,2-3,8H2,1H3. The zero-order valence-electron chi connectivity index (χ0n) is 11.6. The highest BCUT2D eigenvalue weighted by Gasteiger charge is 2.28. The van der Waals surface area contributed by atoms with E-state index in [1.54, 1.807) is 19.3 Å². The smallest absolute Gasteiger partial charge is 0.242 e. The second kappa shape index (κ2) is 5.53. The first-order valence-electron chi connectivity index (χ1n) is 6.74. The van der Waals surface area contributed by atoms with Gasteiger partial charge in [-0.15, -0.1) is 11.3 Å². The summed E-state index contributed by atoms with van der Waals surface area (Å²) in [6.07, 6.45) is 5.33. The van der Waals surface area contributed by atoms with Crippen LogP contribution in [0, 0.1) is 0 Å². The molecule has 2 aromatic heterocycles. The van der Waals surface area contributed by atoms with Crippen molar-refractivity contribution in [2.75, 3.05) is 0 Å². The first kappa shape index (κ1) is 14.7. The van der Waals surface area contributed by atoms with E-state index in [1.165, 1.54) is 17.4 Å².